The largest absolute Gasteiger partial charge is 0.508 e. The molecule has 5 heteroatoms. The summed E-state index contributed by atoms with van der Waals surface area (Å²) in [4.78, 5) is 16.8. The molecule has 0 amide bonds. The van der Waals surface area contributed by atoms with E-state index in [4.69, 9.17) is 4.42 Å². The number of hydrogen-bond donors (Lipinski definition) is 1. The number of nitrogens with zero attached hydrogens (tertiary/aromatic N) is 2. The predicted molar refractivity (Wildman–Crippen MR) is 108 cm³/mol. The summed E-state index contributed by atoms with van der Waals surface area (Å²) in [6, 6.07) is 13.1. The number of aromatic hydroxyl groups is 1. The van der Waals surface area contributed by atoms with Crippen LogP contribution in [0.4, 0.5) is 5.69 Å². The molecule has 1 N–H and O–H groups in total. The van der Waals surface area contributed by atoms with Crippen LogP contribution in [0.5, 0.6) is 5.75 Å². The Balaban J connectivity index is 1.52. The van der Waals surface area contributed by atoms with Crippen LogP contribution in [0.3, 0.4) is 0 Å². The molecule has 1 aliphatic heterocycles. The molecule has 5 nitrogen and oxygen atoms in total. The van der Waals surface area contributed by atoms with Gasteiger partial charge in [0.1, 0.15) is 11.3 Å². The molecule has 0 spiro atoms. The highest BCUT2D eigenvalue weighted by molar-refractivity contribution is 5.83. The molecule has 1 saturated heterocycles. The van der Waals surface area contributed by atoms with Crippen LogP contribution < -0.4 is 10.5 Å². The van der Waals surface area contributed by atoms with Crippen LogP contribution in [-0.2, 0) is 6.54 Å². The molecule has 0 unspecified atom stereocenters. The van der Waals surface area contributed by atoms with E-state index in [1.54, 1.807) is 18.2 Å². The van der Waals surface area contributed by atoms with Crippen molar-refractivity contribution in [3.63, 3.8) is 0 Å². The Morgan fingerprint density at radius 2 is 1.70 bits per heavy atom. The van der Waals surface area contributed by atoms with Crippen LogP contribution in [0.1, 0.15) is 16.7 Å². The van der Waals surface area contributed by atoms with Gasteiger partial charge in [0.2, 0.25) is 0 Å². The zero-order chi connectivity index (χ0) is 19.0. The lowest BCUT2D eigenvalue weighted by molar-refractivity contribution is 0.250. The minimum Gasteiger partial charge on any atom is -0.508 e. The van der Waals surface area contributed by atoms with Crippen molar-refractivity contribution in [3.8, 4) is 5.75 Å². The third kappa shape index (κ3) is 3.55. The van der Waals surface area contributed by atoms with E-state index >= 15 is 0 Å². The highest BCUT2D eigenvalue weighted by Crippen LogP contribution is 2.25. The van der Waals surface area contributed by atoms with Gasteiger partial charge in [-0.25, -0.2) is 4.79 Å². The van der Waals surface area contributed by atoms with Crippen LogP contribution in [0, 0.1) is 13.8 Å². The normalized spacial score (nSPS) is 15.4. The second-order valence-corrected chi connectivity index (χ2v) is 7.25. The number of phenolic OH excluding ortho intramolecular Hbond substituents is 1. The molecule has 3 aromatic rings. The lowest BCUT2D eigenvalue weighted by Gasteiger charge is -2.36. The molecular formula is C22H24N2O3. The maximum Gasteiger partial charge on any atom is 0.336 e. The minimum absolute atomic E-state index is 0.283. The Morgan fingerprint density at radius 1 is 1.00 bits per heavy atom. The molecule has 4 rings (SSSR count). The van der Waals surface area contributed by atoms with Gasteiger partial charge in [0, 0.05) is 49.9 Å². The summed E-state index contributed by atoms with van der Waals surface area (Å²) in [5, 5.41) is 10.5. The Labute approximate surface area is 158 Å². The van der Waals surface area contributed by atoms with Crippen LogP contribution in [-0.4, -0.2) is 36.2 Å². The predicted octanol–water partition coefficient (Wildman–Crippen LogP) is 3.44. The van der Waals surface area contributed by atoms with Crippen LogP contribution in [0.15, 0.2) is 51.7 Å². The number of benzene rings is 2. The van der Waals surface area contributed by atoms with E-state index in [1.807, 2.05) is 26.0 Å². The maximum absolute atomic E-state index is 12.1. The summed E-state index contributed by atoms with van der Waals surface area (Å²) in [6.45, 7) is 8.46. The summed E-state index contributed by atoms with van der Waals surface area (Å²) in [5.41, 5.74) is 4.75. The van der Waals surface area contributed by atoms with Gasteiger partial charge in [0.05, 0.1) is 0 Å². The number of aryl methyl sites for hydroxylation is 2. The molecule has 2 aromatic carbocycles. The zero-order valence-electron chi connectivity index (χ0n) is 15.7. The summed E-state index contributed by atoms with van der Waals surface area (Å²) >= 11 is 0. The van der Waals surface area contributed by atoms with E-state index in [2.05, 4.69) is 21.9 Å². The van der Waals surface area contributed by atoms with Crippen molar-refractivity contribution in [2.24, 2.45) is 0 Å². The van der Waals surface area contributed by atoms with E-state index in [9.17, 15) is 9.90 Å². The van der Waals surface area contributed by atoms with Gasteiger partial charge in [-0.2, -0.15) is 0 Å². The maximum atomic E-state index is 12.1. The van der Waals surface area contributed by atoms with Crippen molar-refractivity contribution in [3.05, 3.63) is 69.6 Å². The molecule has 0 radical (unpaired) electrons. The second-order valence-electron chi connectivity index (χ2n) is 7.25. The fourth-order valence-electron chi connectivity index (χ4n) is 3.72. The topological polar surface area (TPSA) is 56.9 Å². The fourth-order valence-corrected chi connectivity index (χ4v) is 3.72. The van der Waals surface area contributed by atoms with Crippen molar-refractivity contribution in [1.29, 1.82) is 0 Å². The van der Waals surface area contributed by atoms with E-state index < -0.39 is 0 Å². The average Bonchev–Trinajstić information content (AvgIpc) is 2.66. The molecule has 1 aromatic heterocycles. The average molecular weight is 364 g/mol. The first kappa shape index (κ1) is 17.6. The fraction of sp³-hybridized carbons (Fsp3) is 0.318. The van der Waals surface area contributed by atoms with E-state index in [0.29, 0.717) is 5.58 Å². The molecule has 0 bridgehead atoms. The quantitative estimate of drug-likeness (QED) is 0.722. The number of rotatable bonds is 3. The zero-order valence-corrected chi connectivity index (χ0v) is 15.7. The second kappa shape index (κ2) is 7.08. The Morgan fingerprint density at radius 3 is 2.41 bits per heavy atom. The molecule has 27 heavy (non-hydrogen) atoms. The standard InChI is InChI=1S/C22H24N2O3/c1-15-3-8-20-17(13-21(26)27-22(20)16(15)2)14-23-9-11-24(12-10-23)18-4-6-19(25)7-5-18/h3-8,13,25H,9-12,14H2,1-2H3. The molecule has 0 saturated carbocycles. The highest BCUT2D eigenvalue weighted by Gasteiger charge is 2.19. The van der Waals surface area contributed by atoms with Crippen molar-refractivity contribution in [2.75, 3.05) is 31.1 Å². The molecule has 0 aliphatic carbocycles. The Kier molecular flexibility index (Phi) is 4.62. The van der Waals surface area contributed by atoms with Gasteiger partial charge in [0.25, 0.3) is 0 Å². The summed E-state index contributed by atoms with van der Waals surface area (Å²) in [5.74, 6) is 0.290. The van der Waals surface area contributed by atoms with Gasteiger partial charge in [-0.1, -0.05) is 12.1 Å². The lowest BCUT2D eigenvalue weighted by Crippen LogP contribution is -2.46. The monoisotopic (exact) mass is 364 g/mol. The number of anilines is 1. The van der Waals surface area contributed by atoms with Crippen LogP contribution >= 0.6 is 0 Å². The molecular weight excluding hydrogens is 340 g/mol. The smallest absolute Gasteiger partial charge is 0.336 e. The van der Waals surface area contributed by atoms with Crippen molar-refractivity contribution >= 4 is 16.7 Å². The molecule has 1 fully saturated rings. The SMILES string of the molecule is Cc1ccc2c(CN3CCN(c4ccc(O)cc4)CC3)cc(=O)oc2c1C. The molecule has 2 heterocycles. The number of hydrogen-bond acceptors (Lipinski definition) is 5. The first-order chi connectivity index (χ1) is 13.0. The third-order valence-electron chi connectivity index (χ3n) is 5.50. The van der Waals surface area contributed by atoms with Crippen molar-refractivity contribution < 1.29 is 9.52 Å². The minimum atomic E-state index is -0.283. The Bertz CT molecular complexity index is 1020. The van der Waals surface area contributed by atoms with Gasteiger partial charge in [-0.05, 0) is 54.8 Å². The van der Waals surface area contributed by atoms with Crippen LogP contribution in [0.25, 0.3) is 11.0 Å². The van der Waals surface area contributed by atoms with Gasteiger partial charge in [-0.15, -0.1) is 0 Å². The van der Waals surface area contributed by atoms with Crippen molar-refractivity contribution in [2.45, 2.75) is 20.4 Å². The van der Waals surface area contributed by atoms with E-state index in [1.165, 1.54) is 0 Å². The molecule has 0 atom stereocenters. The van der Waals surface area contributed by atoms with Crippen molar-refractivity contribution in [1.82, 2.24) is 4.90 Å². The van der Waals surface area contributed by atoms with E-state index in [-0.39, 0.29) is 11.4 Å². The van der Waals surface area contributed by atoms with Gasteiger partial charge < -0.3 is 14.4 Å². The van der Waals surface area contributed by atoms with Gasteiger partial charge in [0.15, 0.2) is 0 Å². The van der Waals surface area contributed by atoms with Crippen LogP contribution in [0.2, 0.25) is 0 Å². The number of phenols is 1. The van der Waals surface area contributed by atoms with Gasteiger partial charge in [-0.3, -0.25) is 4.90 Å². The summed E-state index contributed by atoms with van der Waals surface area (Å²) in [6.07, 6.45) is 0. The Hall–Kier alpha value is -2.79. The van der Waals surface area contributed by atoms with E-state index in [0.717, 1.165) is 60.5 Å². The van der Waals surface area contributed by atoms with Gasteiger partial charge >= 0.3 is 5.63 Å². The molecule has 140 valence electrons. The lowest BCUT2D eigenvalue weighted by atomic mass is 10.0. The highest BCUT2D eigenvalue weighted by atomic mass is 16.4. The summed E-state index contributed by atoms with van der Waals surface area (Å²) in [7, 11) is 0. The number of piperazine rings is 1. The first-order valence-electron chi connectivity index (χ1n) is 9.30. The molecule has 1 aliphatic rings. The first-order valence-corrected chi connectivity index (χ1v) is 9.30. The summed E-state index contributed by atoms with van der Waals surface area (Å²) < 4.78 is 5.48. The number of fused-ring (bicyclic) bond motifs is 1. The third-order valence-corrected chi connectivity index (χ3v) is 5.50.